The van der Waals surface area contributed by atoms with Gasteiger partial charge in [-0.1, -0.05) is 97.1 Å². The normalized spacial score (nSPS) is 10.7. The predicted molar refractivity (Wildman–Crippen MR) is 190 cm³/mol. The number of furan rings is 2. The van der Waals surface area contributed by atoms with Crippen molar-refractivity contribution in [2.45, 2.75) is 0 Å². The van der Waals surface area contributed by atoms with E-state index in [1.54, 1.807) is 38.5 Å². The third-order valence-electron chi connectivity index (χ3n) is 7.55. The number of methoxy groups -OCH3 is 2. The Hall–Kier alpha value is -5.02. The summed E-state index contributed by atoms with van der Waals surface area (Å²) >= 11 is 3.56. The highest BCUT2D eigenvalue weighted by Gasteiger charge is 2.16. The third-order valence-corrected chi connectivity index (χ3v) is 8.34. The van der Waals surface area contributed by atoms with Crippen LogP contribution in [0.1, 0.15) is 0 Å². The largest absolute Gasteiger partial charge is 0.496 e. The Balaban J connectivity index is 0.000000131. The van der Waals surface area contributed by atoms with Gasteiger partial charge in [-0.25, -0.2) is 0 Å². The van der Waals surface area contributed by atoms with Gasteiger partial charge in [0.1, 0.15) is 33.8 Å². The molecule has 0 aliphatic carbocycles. The van der Waals surface area contributed by atoms with Crippen LogP contribution in [0.5, 0.6) is 11.5 Å². The molecule has 0 saturated heterocycles. The van der Waals surface area contributed by atoms with Gasteiger partial charge in [-0.05, 0) is 63.4 Å². The van der Waals surface area contributed by atoms with Crippen LogP contribution in [0.25, 0.3) is 55.0 Å². The van der Waals surface area contributed by atoms with E-state index < -0.39 is 7.12 Å². The SMILES string of the molecule is COc1ccc2oc3ccccc3c2c1-c1ccccc1.COc1ccc2oc3ccccc3c2c1Br.OB(O)c1ccccc1. The van der Waals surface area contributed by atoms with Crippen molar-refractivity contribution >= 4 is 72.4 Å². The molecule has 2 N–H and O–H groups in total. The lowest BCUT2D eigenvalue weighted by atomic mass is 9.81. The first kappa shape index (κ1) is 31.0. The molecule has 0 aliphatic rings. The van der Waals surface area contributed by atoms with Crippen LogP contribution in [0, 0.1) is 0 Å². The second kappa shape index (κ2) is 14.0. The zero-order valence-electron chi connectivity index (χ0n) is 25.2. The topological polar surface area (TPSA) is 85.2 Å². The summed E-state index contributed by atoms with van der Waals surface area (Å²) in [5.74, 6) is 1.68. The molecule has 6 aromatic carbocycles. The zero-order valence-corrected chi connectivity index (χ0v) is 26.8. The Morgan fingerprint density at radius 1 is 0.522 bits per heavy atom. The molecule has 228 valence electrons. The second-order valence-electron chi connectivity index (χ2n) is 10.3. The summed E-state index contributed by atoms with van der Waals surface area (Å²) in [4.78, 5) is 0. The van der Waals surface area contributed by atoms with Gasteiger partial charge >= 0.3 is 7.12 Å². The lowest BCUT2D eigenvalue weighted by Gasteiger charge is -2.10. The Bertz CT molecular complexity index is 2230. The maximum Gasteiger partial charge on any atom is 0.488 e. The summed E-state index contributed by atoms with van der Waals surface area (Å²) in [5, 5.41) is 21.5. The minimum absolute atomic E-state index is 0.525. The number of rotatable bonds is 4. The fourth-order valence-electron chi connectivity index (χ4n) is 5.40. The first-order valence-corrected chi connectivity index (χ1v) is 15.4. The number of halogens is 1. The van der Waals surface area contributed by atoms with Crippen LogP contribution in [0.3, 0.4) is 0 Å². The molecular weight excluding hydrogens is 643 g/mol. The van der Waals surface area contributed by atoms with Gasteiger partial charge in [0.15, 0.2) is 0 Å². The standard InChI is InChI=1S/C19H14O2.C13H9BrO2.C6H7BO2/c1-20-16-11-12-17-19(14-9-5-6-10-15(14)21-17)18(16)13-7-3-2-4-8-13;1-15-11-7-6-10-12(13(11)14)8-4-2-3-5-9(8)16-10;8-7(9)6-4-2-1-3-5-6/h2-12H,1H3;2-7H,1H3;1-5,8-9H. The van der Waals surface area contributed by atoms with Gasteiger partial charge in [-0.2, -0.15) is 0 Å². The Morgan fingerprint density at radius 2 is 1.00 bits per heavy atom. The van der Waals surface area contributed by atoms with E-state index in [0.717, 1.165) is 71.0 Å². The molecule has 0 unspecified atom stereocenters. The maximum absolute atomic E-state index is 8.58. The molecule has 0 radical (unpaired) electrons. The van der Waals surface area contributed by atoms with Gasteiger partial charge in [0.2, 0.25) is 0 Å². The molecule has 2 heterocycles. The quantitative estimate of drug-likeness (QED) is 0.182. The van der Waals surface area contributed by atoms with Crippen molar-refractivity contribution in [2.75, 3.05) is 14.2 Å². The minimum Gasteiger partial charge on any atom is -0.496 e. The highest BCUT2D eigenvalue weighted by Crippen LogP contribution is 2.42. The van der Waals surface area contributed by atoms with Crippen LogP contribution in [-0.2, 0) is 0 Å². The van der Waals surface area contributed by atoms with E-state index in [2.05, 4.69) is 34.1 Å². The highest BCUT2D eigenvalue weighted by atomic mass is 79.9. The van der Waals surface area contributed by atoms with Crippen molar-refractivity contribution in [3.8, 4) is 22.6 Å². The van der Waals surface area contributed by atoms with E-state index in [4.69, 9.17) is 28.4 Å². The fraction of sp³-hybridized carbons (Fsp3) is 0.0526. The summed E-state index contributed by atoms with van der Waals surface area (Å²) in [7, 11) is 2.02. The number of benzene rings is 6. The lowest BCUT2D eigenvalue weighted by Crippen LogP contribution is -2.29. The Labute approximate surface area is 274 Å². The molecule has 8 rings (SSSR count). The molecule has 2 aromatic heterocycles. The average Bonchev–Trinajstić information content (AvgIpc) is 3.68. The van der Waals surface area contributed by atoms with Crippen LogP contribution in [0.2, 0.25) is 0 Å². The van der Waals surface area contributed by atoms with Crippen molar-refractivity contribution in [2.24, 2.45) is 0 Å². The molecule has 0 aliphatic heterocycles. The highest BCUT2D eigenvalue weighted by molar-refractivity contribution is 9.10. The van der Waals surface area contributed by atoms with E-state index in [9.17, 15) is 0 Å². The van der Waals surface area contributed by atoms with Gasteiger partial charge in [0, 0.05) is 27.1 Å². The predicted octanol–water partition coefficient (Wildman–Crippen LogP) is 8.99. The van der Waals surface area contributed by atoms with Crippen LogP contribution in [0.15, 0.2) is 147 Å². The number of fused-ring (bicyclic) bond motifs is 6. The first-order valence-electron chi connectivity index (χ1n) is 14.6. The monoisotopic (exact) mass is 672 g/mol. The number of ether oxygens (including phenoxy) is 2. The summed E-state index contributed by atoms with van der Waals surface area (Å²) < 4.78 is 23.5. The number of hydrogen-bond acceptors (Lipinski definition) is 6. The molecule has 8 aromatic rings. The lowest BCUT2D eigenvalue weighted by molar-refractivity contribution is 0.413. The summed E-state index contributed by atoms with van der Waals surface area (Å²) in [6, 6.07) is 42.8. The molecule has 0 fully saturated rings. The van der Waals surface area contributed by atoms with Crippen molar-refractivity contribution in [3.63, 3.8) is 0 Å². The Morgan fingerprint density at radius 3 is 1.54 bits per heavy atom. The average molecular weight is 673 g/mol. The van der Waals surface area contributed by atoms with E-state index in [-0.39, 0.29) is 0 Å². The Kier molecular flexibility index (Phi) is 9.40. The summed E-state index contributed by atoms with van der Waals surface area (Å²) in [6.07, 6.45) is 0. The van der Waals surface area contributed by atoms with Crippen molar-refractivity contribution in [3.05, 3.63) is 138 Å². The number of para-hydroxylation sites is 2. The molecule has 0 spiro atoms. The first-order chi connectivity index (χ1) is 22.5. The van der Waals surface area contributed by atoms with Crippen molar-refractivity contribution in [1.82, 2.24) is 0 Å². The summed E-state index contributed by atoms with van der Waals surface area (Å²) in [6.45, 7) is 0. The van der Waals surface area contributed by atoms with Crippen LogP contribution >= 0.6 is 15.9 Å². The zero-order chi connectivity index (χ0) is 32.0. The minimum atomic E-state index is -1.34. The van der Waals surface area contributed by atoms with E-state index in [1.165, 1.54) is 0 Å². The molecular formula is C38H30BBrO6. The maximum atomic E-state index is 8.58. The molecule has 0 atom stereocenters. The summed E-state index contributed by atoms with van der Waals surface area (Å²) in [5.41, 5.74) is 6.29. The second-order valence-corrected chi connectivity index (χ2v) is 11.1. The van der Waals surface area contributed by atoms with Crippen molar-refractivity contribution < 1.29 is 28.4 Å². The van der Waals surface area contributed by atoms with Gasteiger partial charge in [0.05, 0.1) is 18.7 Å². The third kappa shape index (κ3) is 6.23. The van der Waals surface area contributed by atoms with Gasteiger partial charge in [-0.3, -0.25) is 0 Å². The molecule has 8 heteroatoms. The van der Waals surface area contributed by atoms with Crippen molar-refractivity contribution in [1.29, 1.82) is 0 Å². The van der Waals surface area contributed by atoms with Crippen LogP contribution in [-0.4, -0.2) is 31.4 Å². The molecule has 0 bridgehead atoms. The van der Waals surface area contributed by atoms with E-state index in [1.807, 2.05) is 91.0 Å². The molecule has 0 saturated carbocycles. The van der Waals surface area contributed by atoms with Gasteiger partial charge < -0.3 is 28.4 Å². The molecule has 6 nitrogen and oxygen atoms in total. The van der Waals surface area contributed by atoms with E-state index in [0.29, 0.717) is 5.46 Å². The van der Waals surface area contributed by atoms with E-state index >= 15 is 0 Å². The van der Waals surface area contributed by atoms with Crippen LogP contribution < -0.4 is 14.9 Å². The molecule has 0 amide bonds. The van der Waals surface area contributed by atoms with Gasteiger partial charge in [0.25, 0.3) is 0 Å². The smallest absolute Gasteiger partial charge is 0.488 e. The number of hydrogen-bond donors (Lipinski definition) is 2. The van der Waals surface area contributed by atoms with Gasteiger partial charge in [-0.15, -0.1) is 0 Å². The molecule has 46 heavy (non-hydrogen) atoms. The van der Waals surface area contributed by atoms with Crippen LogP contribution in [0.4, 0.5) is 0 Å². The fourth-order valence-corrected chi connectivity index (χ4v) is 6.10.